The maximum absolute atomic E-state index is 12.5. The molecule has 126 valence electrons. The molecule has 1 amide bonds. The van der Waals surface area contributed by atoms with Gasteiger partial charge in [0.15, 0.2) is 11.5 Å². The molecule has 0 spiro atoms. The Morgan fingerprint density at radius 1 is 1.21 bits per heavy atom. The van der Waals surface area contributed by atoms with Gasteiger partial charge in [-0.3, -0.25) is 9.69 Å². The summed E-state index contributed by atoms with van der Waals surface area (Å²) in [6, 6.07) is 9.79. The number of hydrogen-bond donors (Lipinski definition) is 1. The fourth-order valence-electron chi connectivity index (χ4n) is 3.27. The van der Waals surface area contributed by atoms with Crippen molar-refractivity contribution in [3.05, 3.63) is 46.2 Å². The summed E-state index contributed by atoms with van der Waals surface area (Å²) in [6.07, 6.45) is 2.47. The Morgan fingerprint density at radius 3 is 2.83 bits per heavy atom. The molecule has 0 radical (unpaired) electrons. The van der Waals surface area contributed by atoms with E-state index in [2.05, 4.69) is 27.7 Å². The van der Waals surface area contributed by atoms with Gasteiger partial charge in [0.05, 0.1) is 6.04 Å². The summed E-state index contributed by atoms with van der Waals surface area (Å²) >= 11 is 1.75. The molecule has 0 unspecified atom stereocenters. The maximum atomic E-state index is 12.5. The molecule has 24 heavy (non-hydrogen) atoms. The van der Waals surface area contributed by atoms with Gasteiger partial charge in [0, 0.05) is 17.0 Å². The first-order valence-electron chi connectivity index (χ1n) is 8.26. The lowest BCUT2D eigenvalue weighted by molar-refractivity contribution is 0.0938. The number of carbonyl (C=O) groups excluding carboxylic acids is 1. The van der Waals surface area contributed by atoms with Crippen molar-refractivity contribution in [3.63, 3.8) is 0 Å². The minimum atomic E-state index is -0.0750. The Balaban J connectivity index is 1.44. The van der Waals surface area contributed by atoms with E-state index in [-0.39, 0.29) is 18.7 Å². The van der Waals surface area contributed by atoms with E-state index in [4.69, 9.17) is 9.47 Å². The van der Waals surface area contributed by atoms with E-state index in [9.17, 15) is 4.79 Å². The normalized spacial score (nSPS) is 17.8. The van der Waals surface area contributed by atoms with Crippen LogP contribution in [-0.4, -0.2) is 37.2 Å². The largest absolute Gasteiger partial charge is 0.454 e. The van der Waals surface area contributed by atoms with Crippen molar-refractivity contribution < 1.29 is 14.3 Å². The fourth-order valence-corrected chi connectivity index (χ4v) is 4.13. The first-order chi connectivity index (χ1) is 11.8. The Labute approximate surface area is 145 Å². The maximum Gasteiger partial charge on any atom is 0.251 e. The van der Waals surface area contributed by atoms with Gasteiger partial charge in [-0.25, -0.2) is 0 Å². The zero-order chi connectivity index (χ0) is 16.4. The summed E-state index contributed by atoms with van der Waals surface area (Å²) in [7, 11) is 0. The summed E-state index contributed by atoms with van der Waals surface area (Å²) in [6.45, 7) is 3.04. The standard InChI is InChI=1S/C18H20N2O3S/c21-18(13-5-6-15-16(10-13)23-12-22-15)19-11-14(17-4-3-9-24-17)20-7-1-2-8-20/h3-6,9-10,14H,1-2,7-8,11-12H2,(H,19,21)/t14-/m1/s1. The highest BCUT2D eigenvalue weighted by Gasteiger charge is 2.25. The lowest BCUT2D eigenvalue weighted by atomic mass is 10.1. The predicted molar refractivity (Wildman–Crippen MR) is 92.8 cm³/mol. The minimum absolute atomic E-state index is 0.0750. The molecular weight excluding hydrogens is 324 g/mol. The molecule has 1 saturated heterocycles. The van der Waals surface area contributed by atoms with Gasteiger partial charge in [0.25, 0.3) is 5.91 Å². The smallest absolute Gasteiger partial charge is 0.251 e. The van der Waals surface area contributed by atoms with Gasteiger partial charge < -0.3 is 14.8 Å². The number of carbonyl (C=O) groups is 1. The number of nitrogens with one attached hydrogen (secondary N) is 1. The quantitative estimate of drug-likeness (QED) is 0.906. The number of fused-ring (bicyclic) bond motifs is 1. The number of rotatable bonds is 5. The van der Waals surface area contributed by atoms with Crippen LogP contribution in [0.25, 0.3) is 0 Å². The van der Waals surface area contributed by atoms with E-state index in [0.29, 0.717) is 23.6 Å². The summed E-state index contributed by atoms with van der Waals surface area (Å²) < 4.78 is 10.6. The molecule has 0 aliphatic carbocycles. The molecule has 0 saturated carbocycles. The minimum Gasteiger partial charge on any atom is -0.454 e. The molecule has 0 bridgehead atoms. The molecule has 2 aromatic rings. The monoisotopic (exact) mass is 344 g/mol. The van der Waals surface area contributed by atoms with Crippen molar-refractivity contribution in [1.82, 2.24) is 10.2 Å². The van der Waals surface area contributed by atoms with Crippen LogP contribution in [0.5, 0.6) is 11.5 Å². The Morgan fingerprint density at radius 2 is 2.04 bits per heavy atom. The van der Waals surface area contributed by atoms with Crippen LogP contribution in [0.2, 0.25) is 0 Å². The van der Waals surface area contributed by atoms with Crippen molar-refractivity contribution in [3.8, 4) is 11.5 Å². The zero-order valence-electron chi connectivity index (χ0n) is 13.4. The molecule has 1 aromatic heterocycles. The molecule has 1 aromatic carbocycles. The number of likely N-dealkylation sites (tertiary alicyclic amines) is 1. The fraction of sp³-hybridized carbons (Fsp3) is 0.389. The molecule has 4 rings (SSSR count). The van der Waals surface area contributed by atoms with Gasteiger partial charge in [-0.05, 0) is 55.6 Å². The number of amides is 1. The van der Waals surface area contributed by atoms with E-state index < -0.39 is 0 Å². The molecule has 1 N–H and O–H groups in total. The summed E-state index contributed by atoms with van der Waals surface area (Å²) in [5.41, 5.74) is 0.602. The van der Waals surface area contributed by atoms with Gasteiger partial charge >= 0.3 is 0 Å². The van der Waals surface area contributed by atoms with Crippen LogP contribution in [0, 0.1) is 0 Å². The van der Waals surface area contributed by atoms with Gasteiger partial charge in [-0.2, -0.15) is 0 Å². The van der Waals surface area contributed by atoms with Crippen LogP contribution in [0.4, 0.5) is 0 Å². The SMILES string of the molecule is O=C(NC[C@H](c1cccs1)N1CCCC1)c1ccc2c(c1)OCO2. The van der Waals surface area contributed by atoms with E-state index >= 15 is 0 Å². The second-order valence-electron chi connectivity index (χ2n) is 6.05. The topological polar surface area (TPSA) is 50.8 Å². The third-order valence-corrected chi connectivity index (χ3v) is 5.52. The number of thiophene rings is 1. The average molecular weight is 344 g/mol. The molecule has 1 atom stereocenters. The Hall–Kier alpha value is -2.05. The van der Waals surface area contributed by atoms with Crippen LogP contribution in [0.1, 0.15) is 34.1 Å². The van der Waals surface area contributed by atoms with Crippen molar-refractivity contribution in [2.45, 2.75) is 18.9 Å². The molecule has 2 aliphatic rings. The number of nitrogens with zero attached hydrogens (tertiary/aromatic N) is 1. The summed E-state index contributed by atoms with van der Waals surface area (Å²) in [5.74, 6) is 1.26. The Kier molecular flexibility index (Phi) is 4.40. The third kappa shape index (κ3) is 3.12. The molecule has 5 nitrogen and oxygen atoms in total. The molecule has 1 fully saturated rings. The van der Waals surface area contributed by atoms with Gasteiger partial charge in [0.1, 0.15) is 0 Å². The molecule has 2 aliphatic heterocycles. The first-order valence-corrected chi connectivity index (χ1v) is 9.14. The molecule has 3 heterocycles. The lowest BCUT2D eigenvalue weighted by Crippen LogP contribution is -2.36. The van der Waals surface area contributed by atoms with E-state index in [1.165, 1.54) is 17.7 Å². The van der Waals surface area contributed by atoms with Crippen LogP contribution in [0.15, 0.2) is 35.7 Å². The zero-order valence-corrected chi connectivity index (χ0v) is 14.2. The number of hydrogen-bond acceptors (Lipinski definition) is 5. The summed E-state index contributed by atoms with van der Waals surface area (Å²) in [5, 5.41) is 5.18. The highest BCUT2D eigenvalue weighted by atomic mass is 32.1. The highest BCUT2D eigenvalue weighted by molar-refractivity contribution is 7.10. The van der Waals surface area contributed by atoms with Gasteiger partial charge in [-0.1, -0.05) is 6.07 Å². The lowest BCUT2D eigenvalue weighted by Gasteiger charge is -2.26. The number of benzene rings is 1. The van der Waals surface area contributed by atoms with Crippen molar-refractivity contribution in [2.75, 3.05) is 26.4 Å². The predicted octanol–water partition coefficient (Wildman–Crippen LogP) is 3.04. The third-order valence-electron chi connectivity index (χ3n) is 4.54. The van der Waals surface area contributed by atoms with Crippen LogP contribution < -0.4 is 14.8 Å². The van der Waals surface area contributed by atoms with E-state index in [1.54, 1.807) is 29.5 Å². The first kappa shape index (κ1) is 15.5. The van der Waals surface area contributed by atoms with Gasteiger partial charge in [0.2, 0.25) is 6.79 Å². The van der Waals surface area contributed by atoms with E-state index in [0.717, 1.165) is 13.1 Å². The highest BCUT2D eigenvalue weighted by Crippen LogP contribution is 2.32. The van der Waals surface area contributed by atoms with Crippen LogP contribution in [0.3, 0.4) is 0 Å². The van der Waals surface area contributed by atoms with Crippen molar-refractivity contribution in [1.29, 1.82) is 0 Å². The second-order valence-corrected chi connectivity index (χ2v) is 7.03. The van der Waals surface area contributed by atoms with Crippen LogP contribution >= 0.6 is 11.3 Å². The molecular formula is C18H20N2O3S. The number of ether oxygens (including phenoxy) is 2. The van der Waals surface area contributed by atoms with E-state index in [1.807, 2.05) is 0 Å². The van der Waals surface area contributed by atoms with Gasteiger partial charge in [-0.15, -0.1) is 11.3 Å². The van der Waals surface area contributed by atoms with Crippen molar-refractivity contribution >= 4 is 17.2 Å². The molecule has 6 heteroatoms. The average Bonchev–Trinajstić information content (AvgIpc) is 3.36. The second kappa shape index (κ2) is 6.83. The summed E-state index contributed by atoms with van der Waals surface area (Å²) in [4.78, 5) is 16.3. The Bertz CT molecular complexity index is 711. The van der Waals surface area contributed by atoms with Crippen molar-refractivity contribution in [2.24, 2.45) is 0 Å². The van der Waals surface area contributed by atoms with Crippen LogP contribution in [-0.2, 0) is 0 Å².